The van der Waals surface area contributed by atoms with Crippen molar-refractivity contribution in [2.45, 2.75) is 58.0 Å². The Hall–Kier alpha value is -1.82. The molecule has 0 aliphatic carbocycles. The van der Waals surface area contributed by atoms with E-state index in [9.17, 15) is 9.59 Å². The van der Waals surface area contributed by atoms with Gasteiger partial charge in [0, 0.05) is 44.9 Å². The zero-order chi connectivity index (χ0) is 18.9. The molecule has 3 saturated heterocycles. The summed E-state index contributed by atoms with van der Waals surface area (Å²) in [5.41, 5.74) is 1.97. The summed E-state index contributed by atoms with van der Waals surface area (Å²) < 4.78 is 5.74. The second-order valence-corrected chi connectivity index (χ2v) is 8.45. The molecule has 1 spiro atoms. The highest BCUT2D eigenvalue weighted by atomic mass is 16.5. The Bertz CT molecular complexity index is 685. The summed E-state index contributed by atoms with van der Waals surface area (Å²) in [6.07, 6.45) is 6.85. The van der Waals surface area contributed by atoms with Gasteiger partial charge in [0.2, 0.25) is 5.91 Å². The number of hydrogen-bond donors (Lipinski definition) is 1. The van der Waals surface area contributed by atoms with Crippen LogP contribution >= 0.6 is 0 Å². The monoisotopic (exact) mass is 373 g/mol. The van der Waals surface area contributed by atoms with Gasteiger partial charge < -0.3 is 19.5 Å². The highest BCUT2D eigenvalue weighted by molar-refractivity contribution is 5.92. The molecule has 148 valence electrons. The number of nitrogens with zero attached hydrogens (tertiary/aromatic N) is 2. The minimum Gasteiger partial charge on any atom is -0.376 e. The van der Waals surface area contributed by atoms with Gasteiger partial charge in [-0.1, -0.05) is 6.92 Å². The van der Waals surface area contributed by atoms with Crippen molar-refractivity contribution in [3.63, 3.8) is 0 Å². The third-order valence-electron chi connectivity index (χ3n) is 6.67. The van der Waals surface area contributed by atoms with Gasteiger partial charge in [-0.05, 0) is 56.1 Å². The van der Waals surface area contributed by atoms with Gasteiger partial charge in [0.15, 0.2) is 0 Å². The molecule has 1 N–H and O–H groups in total. The minimum absolute atomic E-state index is 0.104. The molecule has 6 nitrogen and oxygen atoms in total. The molecular formula is C21H31N3O3. The predicted molar refractivity (Wildman–Crippen MR) is 103 cm³/mol. The maximum Gasteiger partial charge on any atom is 0.270 e. The largest absolute Gasteiger partial charge is 0.376 e. The minimum atomic E-state index is 0.104. The van der Waals surface area contributed by atoms with E-state index in [0.717, 1.165) is 77.0 Å². The number of H-pyrrole nitrogens is 1. The van der Waals surface area contributed by atoms with Gasteiger partial charge in [-0.3, -0.25) is 9.59 Å². The molecule has 0 bridgehead atoms. The number of likely N-dealkylation sites (tertiary alicyclic amines) is 2. The smallest absolute Gasteiger partial charge is 0.270 e. The number of carbonyl (C=O) groups is 2. The highest BCUT2D eigenvalue weighted by Gasteiger charge is 2.42. The number of nitrogens with one attached hydrogen (secondary N) is 1. The van der Waals surface area contributed by atoms with Gasteiger partial charge in [0.25, 0.3) is 5.91 Å². The number of aromatic nitrogens is 1. The third-order valence-corrected chi connectivity index (χ3v) is 6.67. The number of aromatic amines is 1. The Labute approximate surface area is 161 Å². The molecular weight excluding hydrogens is 342 g/mol. The van der Waals surface area contributed by atoms with Crippen LogP contribution in [0.2, 0.25) is 0 Å². The van der Waals surface area contributed by atoms with E-state index in [1.807, 2.05) is 21.9 Å². The molecule has 0 aromatic carbocycles. The summed E-state index contributed by atoms with van der Waals surface area (Å²) in [5.74, 6) is 0.376. The highest BCUT2D eigenvalue weighted by Crippen LogP contribution is 2.40. The lowest BCUT2D eigenvalue weighted by Crippen LogP contribution is -2.53. The quantitative estimate of drug-likeness (QED) is 0.882. The average Bonchev–Trinajstić information content (AvgIpc) is 3.37. The molecule has 1 aromatic heterocycles. The normalized spacial score (nSPS) is 25.4. The van der Waals surface area contributed by atoms with Gasteiger partial charge in [-0.2, -0.15) is 0 Å². The topological polar surface area (TPSA) is 65.6 Å². The third kappa shape index (κ3) is 3.91. The lowest BCUT2D eigenvalue weighted by molar-refractivity contribution is -0.141. The van der Waals surface area contributed by atoms with Crippen molar-refractivity contribution in [1.82, 2.24) is 14.8 Å². The van der Waals surface area contributed by atoms with Crippen LogP contribution in [0.1, 0.15) is 61.6 Å². The van der Waals surface area contributed by atoms with Crippen molar-refractivity contribution in [1.29, 1.82) is 0 Å². The van der Waals surface area contributed by atoms with Crippen LogP contribution in [0.3, 0.4) is 0 Å². The molecule has 0 saturated carbocycles. The van der Waals surface area contributed by atoms with Crippen LogP contribution in [0.25, 0.3) is 0 Å². The number of carbonyl (C=O) groups excluding carboxylic acids is 2. The van der Waals surface area contributed by atoms with Gasteiger partial charge in [0.1, 0.15) is 5.69 Å². The molecule has 3 fully saturated rings. The van der Waals surface area contributed by atoms with Crippen molar-refractivity contribution >= 4 is 11.8 Å². The summed E-state index contributed by atoms with van der Waals surface area (Å²) in [6, 6.07) is 3.89. The molecule has 0 unspecified atom stereocenters. The van der Waals surface area contributed by atoms with Crippen molar-refractivity contribution in [3.8, 4) is 0 Å². The molecule has 1 aromatic rings. The van der Waals surface area contributed by atoms with Crippen LogP contribution in [0.4, 0.5) is 0 Å². The fourth-order valence-electron chi connectivity index (χ4n) is 4.84. The summed E-state index contributed by atoms with van der Waals surface area (Å²) in [6.45, 7) is 6.04. The zero-order valence-electron chi connectivity index (χ0n) is 16.3. The first kappa shape index (κ1) is 18.5. The molecule has 1 atom stereocenters. The Kier molecular flexibility index (Phi) is 5.26. The Balaban J connectivity index is 1.35. The van der Waals surface area contributed by atoms with Gasteiger partial charge in [0.05, 0.1) is 6.10 Å². The van der Waals surface area contributed by atoms with Crippen LogP contribution in [0, 0.1) is 5.41 Å². The summed E-state index contributed by atoms with van der Waals surface area (Å²) in [5, 5.41) is 0. The Morgan fingerprint density at radius 2 is 2.11 bits per heavy atom. The first-order valence-corrected chi connectivity index (χ1v) is 10.5. The second-order valence-electron chi connectivity index (χ2n) is 8.45. The molecule has 3 aliphatic heterocycles. The number of aryl methyl sites for hydroxylation is 1. The van der Waals surface area contributed by atoms with E-state index >= 15 is 0 Å². The van der Waals surface area contributed by atoms with E-state index in [-0.39, 0.29) is 23.3 Å². The zero-order valence-corrected chi connectivity index (χ0v) is 16.3. The molecule has 4 rings (SSSR count). The number of ether oxygens (including phenoxy) is 1. The number of hydrogen-bond acceptors (Lipinski definition) is 3. The van der Waals surface area contributed by atoms with Crippen LogP contribution in [-0.4, -0.2) is 65.5 Å². The van der Waals surface area contributed by atoms with E-state index in [4.69, 9.17) is 4.74 Å². The van der Waals surface area contributed by atoms with Crippen molar-refractivity contribution in [2.75, 3.05) is 32.8 Å². The van der Waals surface area contributed by atoms with Gasteiger partial charge in [-0.25, -0.2) is 0 Å². The first-order chi connectivity index (χ1) is 13.1. The molecule has 4 heterocycles. The summed E-state index contributed by atoms with van der Waals surface area (Å²) in [4.78, 5) is 32.4. The SMILES string of the molecule is CCc1ccc(C(=O)N2CCC3(CCC(=O)N(C[C@@H]4CCCO4)C3)CC2)[nH]1. The van der Waals surface area contributed by atoms with Crippen LogP contribution < -0.4 is 0 Å². The van der Waals surface area contributed by atoms with Crippen molar-refractivity contribution < 1.29 is 14.3 Å². The lowest BCUT2D eigenvalue weighted by Gasteiger charge is -2.47. The van der Waals surface area contributed by atoms with E-state index in [1.54, 1.807) is 0 Å². The number of rotatable bonds is 4. The molecule has 3 aliphatic rings. The maximum absolute atomic E-state index is 12.8. The van der Waals surface area contributed by atoms with Crippen LogP contribution in [0.15, 0.2) is 12.1 Å². The van der Waals surface area contributed by atoms with Crippen LogP contribution in [0.5, 0.6) is 0 Å². The fraction of sp³-hybridized carbons (Fsp3) is 0.714. The van der Waals surface area contributed by atoms with E-state index < -0.39 is 0 Å². The van der Waals surface area contributed by atoms with Gasteiger partial charge in [-0.15, -0.1) is 0 Å². The maximum atomic E-state index is 12.8. The van der Waals surface area contributed by atoms with Crippen molar-refractivity contribution in [3.05, 3.63) is 23.5 Å². The molecule has 2 amide bonds. The fourth-order valence-corrected chi connectivity index (χ4v) is 4.84. The van der Waals surface area contributed by atoms with E-state index in [0.29, 0.717) is 12.1 Å². The van der Waals surface area contributed by atoms with Crippen molar-refractivity contribution in [2.24, 2.45) is 5.41 Å². The lowest BCUT2D eigenvalue weighted by atomic mass is 9.72. The average molecular weight is 373 g/mol. The Morgan fingerprint density at radius 1 is 1.30 bits per heavy atom. The molecule has 0 radical (unpaired) electrons. The Morgan fingerprint density at radius 3 is 2.78 bits per heavy atom. The number of amides is 2. The molecule has 6 heteroatoms. The number of piperidine rings is 2. The first-order valence-electron chi connectivity index (χ1n) is 10.5. The second kappa shape index (κ2) is 7.66. The van der Waals surface area contributed by atoms with Gasteiger partial charge >= 0.3 is 0 Å². The van der Waals surface area contributed by atoms with E-state index in [2.05, 4.69) is 11.9 Å². The molecule has 27 heavy (non-hydrogen) atoms. The summed E-state index contributed by atoms with van der Waals surface area (Å²) in [7, 11) is 0. The predicted octanol–water partition coefficient (Wildman–Crippen LogP) is 2.60. The standard InChI is InChI=1S/C21H31N3O3/c1-2-16-5-6-18(22-16)20(26)23-11-9-21(10-12-23)8-7-19(25)24(15-21)14-17-4-3-13-27-17/h5-6,17,22H,2-4,7-15H2,1H3/t17-/m0/s1. The summed E-state index contributed by atoms with van der Waals surface area (Å²) >= 11 is 0. The van der Waals surface area contributed by atoms with E-state index in [1.165, 1.54) is 0 Å². The van der Waals surface area contributed by atoms with Crippen LogP contribution in [-0.2, 0) is 16.0 Å².